The molecule has 10 aromatic carbocycles. The number of benzene rings is 10. The minimum absolute atomic E-state index is 0.899. The number of fused-ring (bicyclic) bond motifs is 5. The lowest BCUT2D eigenvalue weighted by atomic mass is 9.95. The second-order valence-electron chi connectivity index (χ2n) is 14.9. The lowest BCUT2D eigenvalue weighted by Crippen LogP contribution is -2.11. The Kier molecular flexibility index (Phi) is 8.19. The van der Waals surface area contributed by atoms with Crippen molar-refractivity contribution < 1.29 is 4.42 Å². The molecule has 11 aromatic rings. The SMILES string of the molecule is c1ccc(N(c2ccc(-c3ccc4ccccc4c3)cc2)c2ccc(-c3cccc4oc5ccccc5c34)cc2)c(-c2ccc(-c3cccc4ccccc34)cc2)c1. The average molecular weight is 740 g/mol. The fourth-order valence-electron chi connectivity index (χ4n) is 8.62. The van der Waals surface area contributed by atoms with Gasteiger partial charge in [-0.05, 0) is 109 Å². The summed E-state index contributed by atoms with van der Waals surface area (Å²) >= 11 is 0. The van der Waals surface area contributed by atoms with E-state index in [0.717, 1.165) is 61.3 Å². The highest BCUT2D eigenvalue weighted by Gasteiger charge is 2.19. The number of rotatable bonds is 7. The molecular formula is C56H37NO. The maximum Gasteiger partial charge on any atom is 0.136 e. The van der Waals surface area contributed by atoms with Gasteiger partial charge in [0.1, 0.15) is 11.2 Å². The van der Waals surface area contributed by atoms with E-state index in [-0.39, 0.29) is 0 Å². The van der Waals surface area contributed by atoms with E-state index in [1.165, 1.54) is 43.8 Å². The highest BCUT2D eigenvalue weighted by molar-refractivity contribution is 6.12. The summed E-state index contributed by atoms with van der Waals surface area (Å²) < 4.78 is 6.25. The number of para-hydroxylation sites is 2. The highest BCUT2D eigenvalue weighted by Crippen LogP contribution is 2.43. The molecule has 0 saturated heterocycles. The molecule has 272 valence electrons. The van der Waals surface area contributed by atoms with Gasteiger partial charge in [0, 0.05) is 27.7 Å². The Morgan fingerprint density at radius 1 is 0.293 bits per heavy atom. The van der Waals surface area contributed by atoms with Crippen molar-refractivity contribution in [2.45, 2.75) is 0 Å². The Balaban J connectivity index is 1.02. The summed E-state index contributed by atoms with van der Waals surface area (Å²) in [5.74, 6) is 0. The molecule has 1 aromatic heterocycles. The van der Waals surface area contributed by atoms with Gasteiger partial charge in [0.15, 0.2) is 0 Å². The van der Waals surface area contributed by atoms with E-state index in [4.69, 9.17) is 4.42 Å². The van der Waals surface area contributed by atoms with Crippen molar-refractivity contribution in [2.24, 2.45) is 0 Å². The van der Waals surface area contributed by atoms with E-state index < -0.39 is 0 Å². The number of anilines is 3. The zero-order chi connectivity index (χ0) is 38.4. The van der Waals surface area contributed by atoms with Crippen LogP contribution in [-0.2, 0) is 0 Å². The maximum absolute atomic E-state index is 6.25. The molecule has 0 atom stereocenters. The van der Waals surface area contributed by atoms with Crippen LogP contribution in [-0.4, -0.2) is 0 Å². The monoisotopic (exact) mass is 739 g/mol. The number of furan rings is 1. The van der Waals surface area contributed by atoms with E-state index in [2.05, 4.69) is 217 Å². The van der Waals surface area contributed by atoms with Gasteiger partial charge in [-0.2, -0.15) is 0 Å². The van der Waals surface area contributed by atoms with E-state index in [1.807, 2.05) is 12.1 Å². The molecule has 0 aliphatic carbocycles. The Bertz CT molecular complexity index is 3260. The molecule has 0 bridgehead atoms. The molecule has 0 unspecified atom stereocenters. The van der Waals surface area contributed by atoms with Gasteiger partial charge in [0.2, 0.25) is 0 Å². The van der Waals surface area contributed by atoms with Gasteiger partial charge >= 0.3 is 0 Å². The minimum Gasteiger partial charge on any atom is -0.456 e. The largest absolute Gasteiger partial charge is 0.456 e. The first kappa shape index (κ1) is 33.6. The van der Waals surface area contributed by atoms with Crippen LogP contribution in [0.5, 0.6) is 0 Å². The van der Waals surface area contributed by atoms with Crippen molar-refractivity contribution in [1.82, 2.24) is 0 Å². The van der Waals surface area contributed by atoms with Crippen molar-refractivity contribution in [3.63, 3.8) is 0 Å². The van der Waals surface area contributed by atoms with Gasteiger partial charge in [-0.25, -0.2) is 0 Å². The van der Waals surface area contributed by atoms with Crippen LogP contribution in [0.4, 0.5) is 17.1 Å². The van der Waals surface area contributed by atoms with Gasteiger partial charge in [0.25, 0.3) is 0 Å². The fourth-order valence-corrected chi connectivity index (χ4v) is 8.62. The summed E-state index contributed by atoms with van der Waals surface area (Å²) in [4.78, 5) is 2.38. The van der Waals surface area contributed by atoms with E-state index in [1.54, 1.807) is 0 Å². The summed E-state index contributed by atoms with van der Waals surface area (Å²) in [5.41, 5.74) is 14.5. The van der Waals surface area contributed by atoms with Gasteiger partial charge in [-0.3, -0.25) is 0 Å². The summed E-state index contributed by atoms with van der Waals surface area (Å²) in [7, 11) is 0. The molecule has 0 spiro atoms. The first-order valence-electron chi connectivity index (χ1n) is 19.8. The first-order valence-corrected chi connectivity index (χ1v) is 19.8. The average Bonchev–Trinajstić information content (AvgIpc) is 3.69. The second kappa shape index (κ2) is 14.1. The van der Waals surface area contributed by atoms with Crippen LogP contribution < -0.4 is 4.90 Å². The third-order valence-electron chi connectivity index (χ3n) is 11.5. The Labute approximate surface area is 337 Å². The molecule has 0 aliphatic heterocycles. The van der Waals surface area contributed by atoms with Gasteiger partial charge in [-0.15, -0.1) is 0 Å². The maximum atomic E-state index is 6.25. The molecule has 0 aliphatic rings. The summed E-state index contributed by atoms with van der Waals surface area (Å²) in [5, 5.41) is 7.27. The number of hydrogen-bond donors (Lipinski definition) is 0. The van der Waals surface area contributed by atoms with Crippen molar-refractivity contribution in [3.05, 3.63) is 224 Å². The highest BCUT2D eigenvalue weighted by atomic mass is 16.3. The standard InChI is InChI=1S/C56H37NO/c1-2-13-44-37-45(28-23-38(44)11-1)39-29-33-46(34-30-39)57(47-35-31-43(32-36-47)51-19-10-22-55-56(51)52-17-6-8-21-54(52)58-55)53-20-7-5-16-50(53)42-26-24-41(25-27-42)49-18-9-14-40-12-3-4-15-48(40)49/h1-37H. The van der Waals surface area contributed by atoms with Crippen LogP contribution in [0.25, 0.3) is 88.0 Å². The number of hydrogen-bond acceptors (Lipinski definition) is 2. The Hall–Kier alpha value is -7.68. The smallest absolute Gasteiger partial charge is 0.136 e. The van der Waals surface area contributed by atoms with Crippen molar-refractivity contribution >= 4 is 60.5 Å². The predicted molar refractivity (Wildman–Crippen MR) is 245 cm³/mol. The Morgan fingerprint density at radius 2 is 0.793 bits per heavy atom. The molecule has 0 amide bonds. The molecule has 2 nitrogen and oxygen atoms in total. The summed E-state index contributed by atoms with van der Waals surface area (Å²) in [6, 6.07) is 80.7. The fraction of sp³-hybridized carbons (Fsp3) is 0. The van der Waals surface area contributed by atoms with Crippen LogP contribution >= 0.6 is 0 Å². The Morgan fingerprint density at radius 3 is 1.59 bits per heavy atom. The van der Waals surface area contributed by atoms with Crippen LogP contribution in [0, 0.1) is 0 Å². The lowest BCUT2D eigenvalue weighted by molar-refractivity contribution is 0.669. The van der Waals surface area contributed by atoms with Crippen molar-refractivity contribution in [3.8, 4) is 44.5 Å². The summed E-state index contributed by atoms with van der Waals surface area (Å²) in [6.45, 7) is 0. The summed E-state index contributed by atoms with van der Waals surface area (Å²) in [6.07, 6.45) is 0. The van der Waals surface area contributed by atoms with Crippen LogP contribution in [0.1, 0.15) is 0 Å². The van der Waals surface area contributed by atoms with Crippen LogP contribution in [0.15, 0.2) is 229 Å². The first-order chi connectivity index (χ1) is 28.7. The molecule has 0 saturated carbocycles. The molecule has 0 radical (unpaired) electrons. The third-order valence-corrected chi connectivity index (χ3v) is 11.5. The number of nitrogens with zero attached hydrogens (tertiary/aromatic N) is 1. The van der Waals surface area contributed by atoms with Crippen LogP contribution in [0.2, 0.25) is 0 Å². The van der Waals surface area contributed by atoms with Crippen molar-refractivity contribution in [1.29, 1.82) is 0 Å². The van der Waals surface area contributed by atoms with Gasteiger partial charge in [-0.1, -0.05) is 176 Å². The molecule has 0 fully saturated rings. The van der Waals surface area contributed by atoms with Crippen LogP contribution in [0.3, 0.4) is 0 Å². The van der Waals surface area contributed by atoms with Gasteiger partial charge < -0.3 is 9.32 Å². The molecule has 2 heteroatoms. The predicted octanol–water partition coefficient (Wildman–Crippen LogP) is 16.0. The van der Waals surface area contributed by atoms with Gasteiger partial charge in [0.05, 0.1) is 5.69 Å². The lowest BCUT2D eigenvalue weighted by Gasteiger charge is -2.28. The molecule has 11 rings (SSSR count). The molecule has 58 heavy (non-hydrogen) atoms. The second-order valence-corrected chi connectivity index (χ2v) is 14.9. The van der Waals surface area contributed by atoms with E-state index in [0.29, 0.717) is 0 Å². The topological polar surface area (TPSA) is 16.4 Å². The molecule has 0 N–H and O–H groups in total. The normalized spacial score (nSPS) is 11.4. The zero-order valence-electron chi connectivity index (χ0n) is 31.7. The van der Waals surface area contributed by atoms with E-state index in [9.17, 15) is 0 Å². The minimum atomic E-state index is 0.899. The molecular weight excluding hydrogens is 703 g/mol. The van der Waals surface area contributed by atoms with E-state index >= 15 is 0 Å². The zero-order valence-corrected chi connectivity index (χ0v) is 31.7. The quantitative estimate of drug-likeness (QED) is 0.162. The molecule has 1 heterocycles. The third kappa shape index (κ3) is 5.91. The van der Waals surface area contributed by atoms with Crippen molar-refractivity contribution in [2.75, 3.05) is 4.90 Å².